The van der Waals surface area contributed by atoms with Gasteiger partial charge in [-0.25, -0.2) is 9.13 Å². The molecule has 5 atom stereocenters. The van der Waals surface area contributed by atoms with Gasteiger partial charge in [-0.1, -0.05) is 402 Å². The molecule has 17 nitrogen and oxygen atoms in total. The lowest BCUT2D eigenvalue weighted by molar-refractivity contribution is -0.161. The zero-order chi connectivity index (χ0) is 77.2. The van der Waals surface area contributed by atoms with Gasteiger partial charge >= 0.3 is 39.5 Å². The zero-order valence-electron chi connectivity index (χ0n) is 69.2. The Bertz CT molecular complexity index is 2030. The molecule has 0 aromatic carbocycles. The quantitative estimate of drug-likeness (QED) is 0.0222. The molecule has 0 saturated carbocycles. The van der Waals surface area contributed by atoms with E-state index in [0.29, 0.717) is 31.6 Å². The highest BCUT2D eigenvalue weighted by atomic mass is 31.2. The van der Waals surface area contributed by atoms with Gasteiger partial charge in [0.2, 0.25) is 0 Å². The van der Waals surface area contributed by atoms with Crippen molar-refractivity contribution >= 4 is 39.5 Å². The number of carbonyl (C=O) groups is 4. The normalized spacial score (nSPS) is 13.9. The Balaban J connectivity index is 5.21. The first kappa shape index (κ1) is 103. The molecule has 0 aliphatic heterocycles. The summed E-state index contributed by atoms with van der Waals surface area (Å²) in [6, 6.07) is 0. The van der Waals surface area contributed by atoms with E-state index in [1.54, 1.807) is 0 Å². The molecule has 0 aliphatic carbocycles. The first-order valence-corrected chi connectivity index (χ1v) is 47.3. The molecule has 0 rings (SSSR count). The van der Waals surface area contributed by atoms with E-state index in [1.165, 1.54) is 257 Å². The molecule has 0 amide bonds. The molecule has 0 fully saturated rings. The molecule has 624 valence electrons. The number of aliphatic hydroxyl groups excluding tert-OH is 1. The van der Waals surface area contributed by atoms with Gasteiger partial charge in [0.25, 0.3) is 0 Å². The number of carbonyl (C=O) groups excluding carboxylic acids is 4. The first-order chi connectivity index (χ1) is 50.7. The van der Waals surface area contributed by atoms with E-state index in [0.717, 1.165) is 108 Å². The minimum atomic E-state index is -4.97. The number of esters is 4. The number of ether oxygens (including phenoxy) is 4. The summed E-state index contributed by atoms with van der Waals surface area (Å²) in [4.78, 5) is 73.2. The average molecular weight is 1540 g/mol. The third-order valence-electron chi connectivity index (χ3n) is 20.1. The molecule has 0 spiro atoms. The SMILES string of the molecule is CCCCCCCCCCCCCCCCCCCCCC(=O)OC[C@H](COP(=O)(O)OC[C@@H](O)COP(=O)(O)OC[C@@H](COC(=O)CCCCCCCCC(C)C)OC(=O)CCCCCCCCCCCCCCCC(C)C)OC(=O)CCCCCCCCCCCCCCCCCCCCC(C)C. The Labute approximate surface area is 645 Å². The van der Waals surface area contributed by atoms with E-state index in [1.807, 2.05) is 0 Å². The van der Waals surface area contributed by atoms with Crippen molar-refractivity contribution in [3.63, 3.8) is 0 Å². The summed E-state index contributed by atoms with van der Waals surface area (Å²) >= 11 is 0. The number of hydrogen-bond donors (Lipinski definition) is 3. The minimum Gasteiger partial charge on any atom is -0.462 e. The molecule has 3 N–H and O–H groups in total. The van der Waals surface area contributed by atoms with Crippen LogP contribution < -0.4 is 0 Å². The smallest absolute Gasteiger partial charge is 0.462 e. The largest absolute Gasteiger partial charge is 0.472 e. The highest BCUT2D eigenvalue weighted by Gasteiger charge is 2.30. The highest BCUT2D eigenvalue weighted by molar-refractivity contribution is 7.47. The van der Waals surface area contributed by atoms with Crippen LogP contribution in [0.3, 0.4) is 0 Å². The van der Waals surface area contributed by atoms with Gasteiger partial charge in [0.05, 0.1) is 26.4 Å². The fraction of sp³-hybridized carbons (Fsp3) is 0.953. The molecule has 0 aliphatic rings. The second kappa shape index (κ2) is 76.1. The van der Waals surface area contributed by atoms with Gasteiger partial charge in [-0.05, 0) is 43.4 Å². The van der Waals surface area contributed by atoms with Crippen molar-refractivity contribution in [2.24, 2.45) is 17.8 Å². The second-order valence-corrected chi connectivity index (χ2v) is 35.3. The number of hydrogen-bond acceptors (Lipinski definition) is 15. The van der Waals surface area contributed by atoms with Gasteiger partial charge in [-0.2, -0.15) is 0 Å². The molecule has 0 saturated heterocycles. The van der Waals surface area contributed by atoms with E-state index in [-0.39, 0.29) is 25.7 Å². The maximum atomic E-state index is 13.1. The van der Waals surface area contributed by atoms with Crippen LogP contribution in [0.1, 0.15) is 453 Å². The molecule has 0 aromatic heterocycles. The Kier molecular flexibility index (Phi) is 74.7. The number of phosphoric ester groups is 2. The first-order valence-electron chi connectivity index (χ1n) is 44.3. The van der Waals surface area contributed by atoms with E-state index in [2.05, 4.69) is 48.5 Å². The van der Waals surface area contributed by atoms with Crippen LogP contribution in [-0.2, 0) is 65.4 Å². The standard InChI is InChI=1S/C86H168O17P2/c1-8-9-10-11-12-13-14-15-16-17-18-22-25-30-35-40-45-53-60-67-83(88)96-73-81(102-85(90)69-62-55-46-41-36-31-26-23-20-19-21-24-28-33-38-43-50-57-64-77(2)3)75-100-104(92,93)98-71-80(87)72-99-105(94,95)101-76-82(74-97-84(89)68-61-54-49-48-52-59-66-79(6)7)103-86(91)70-63-56-47-42-37-32-27-29-34-39-44-51-58-65-78(4)5/h77-82,87H,8-76H2,1-7H3,(H,92,93)(H,94,95)/t80-,81-,82-/m1/s1. The van der Waals surface area contributed by atoms with Gasteiger partial charge in [-0.3, -0.25) is 37.3 Å². The van der Waals surface area contributed by atoms with E-state index < -0.39 is 97.5 Å². The van der Waals surface area contributed by atoms with Crippen LogP contribution >= 0.6 is 15.6 Å². The Hall–Kier alpha value is -1.94. The van der Waals surface area contributed by atoms with Crippen LogP contribution in [0.15, 0.2) is 0 Å². The van der Waals surface area contributed by atoms with Crippen LogP contribution in [0.5, 0.6) is 0 Å². The third kappa shape index (κ3) is 79.9. The number of rotatable bonds is 84. The van der Waals surface area contributed by atoms with E-state index in [9.17, 15) is 43.2 Å². The predicted octanol–water partition coefficient (Wildman–Crippen LogP) is 26.1. The van der Waals surface area contributed by atoms with Crippen molar-refractivity contribution in [2.45, 2.75) is 471 Å². The summed E-state index contributed by atoms with van der Waals surface area (Å²) in [5.41, 5.74) is 0. The van der Waals surface area contributed by atoms with Crippen LogP contribution in [0, 0.1) is 17.8 Å². The molecule has 0 heterocycles. The van der Waals surface area contributed by atoms with Crippen molar-refractivity contribution in [3.8, 4) is 0 Å². The van der Waals surface area contributed by atoms with Crippen LogP contribution in [-0.4, -0.2) is 96.7 Å². The van der Waals surface area contributed by atoms with Crippen molar-refractivity contribution in [1.29, 1.82) is 0 Å². The number of unbranched alkanes of at least 4 members (excludes halogenated alkanes) is 52. The van der Waals surface area contributed by atoms with Gasteiger partial charge in [0.15, 0.2) is 12.2 Å². The second-order valence-electron chi connectivity index (χ2n) is 32.4. The summed E-state index contributed by atoms with van der Waals surface area (Å²) < 4.78 is 68.8. The molecular formula is C86H168O17P2. The summed E-state index contributed by atoms with van der Waals surface area (Å²) in [6.45, 7) is 11.9. The van der Waals surface area contributed by atoms with Crippen LogP contribution in [0.25, 0.3) is 0 Å². The number of phosphoric acid groups is 2. The molecule has 0 radical (unpaired) electrons. The minimum absolute atomic E-state index is 0.106. The van der Waals surface area contributed by atoms with Gasteiger partial charge in [-0.15, -0.1) is 0 Å². The average Bonchev–Trinajstić information content (AvgIpc) is 1.65. The maximum absolute atomic E-state index is 13.1. The fourth-order valence-corrected chi connectivity index (χ4v) is 14.9. The molecule has 19 heteroatoms. The van der Waals surface area contributed by atoms with E-state index >= 15 is 0 Å². The summed E-state index contributed by atoms with van der Waals surface area (Å²) in [5.74, 6) is 0.179. The highest BCUT2D eigenvalue weighted by Crippen LogP contribution is 2.45. The van der Waals surface area contributed by atoms with Crippen molar-refractivity contribution in [2.75, 3.05) is 39.6 Å². The molecule has 0 aromatic rings. The van der Waals surface area contributed by atoms with Crippen LogP contribution in [0.4, 0.5) is 0 Å². The van der Waals surface area contributed by atoms with E-state index in [4.69, 9.17) is 37.0 Å². The molecule has 0 bridgehead atoms. The zero-order valence-corrected chi connectivity index (χ0v) is 71.0. The topological polar surface area (TPSA) is 237 Å². The number of aliphatic hydroxyl groups is 1. The Morgan fingerprint density at radius 1 is 0.257 bits per heavy atom. The van der Waals surface area contributed by atoms with Crippen LogP contribution in [0.2, 0.25) is 0 Å². The van der Waals surface area contributed by atoms with Gasteiger partial charge < -0.3 is 33.8 Å². The molecular weight excluding hydrogens is 1370 g/mol. The lowest BCUT2D eigenvalue weighted by Crippen LogP contribution is -2.30. The van der Waals surface area contributed by atoms with Crippen molar-refractivity contribution in [1.82, 2.24) is 0 Å². The van der Waals surface area contributed by atoms with Gasteiger partial charge in [0, 0.05) is 25.7 Å². The predicted molar refractivity (Wildman–Crippen MR) is 432 cm³/mol. The van der Waals surface area contributed by atoms with Gasteiger partial charge in [0.1, 0.15) is 19.3 Å². The maximum Gasteiger partial charge on any atom is 0.472 e. The Morgan fingerprint density at radius 2 is 0.438 bits per heavy atom. The monoisotopic (exact) mass is 1540 g/mol. The summed E-state index contributed by atoms with van der Waals surface area (Å²) in [5, 5.41) is 10.7. The Morgan fingerprint density at radius 3 is 0.648 bits per heavy atom. The summed E-state index contributed by atoms with van der Waals surface area (Å²) in [7, 11) is -9.93. The molecule has 2 unspecified atom stereocenters. The summed E-state index contributed by atoms with van der Waals surface area (Å²) in [6.07, 6.45) is 66.9. The van der Waals surface area contributed by atoms with Crippen molar-refractivity contribution < 1.29 is 80.2 Å². The fourth-order valence-electron chi connectivity index (χ4n) is 13.4. The lowest BCUT2D eigenvalue weighted by atomic mass is 10.0. The third-order valence-corrected chi connectivity index (χ3v) is 22.0. The molecule has 105 heavy (non-hydrogen) atoms. The lowest BCUT2D eigenvalue weighted by Gasteiger charge is -2.21. The van der Waals surface area contributed by atoms with Crippen molar-refractivity contribution in [3.05, 3.63) is 0 Å².